The molecule has 0 atom stereocenters. The lowest BCUT2D eigenvalue weighted by Gasteiger charge is -2.28. The fourth-order valence-electron chi connectivity index (χ4n) is 2.31. The fourth-order valence-corrected chi connectivity index (χ4v) is 2.77. The molecule has 1 aliphatic carbocycles. The van der Waals surface area contributed by atoms with Gasteiger partial charge in [-0.3, -0.25) is 10.1 Å². The quantitative estimate of drug-likeness (QED) is 0.657. The lowest BCUT2D eigenvalue weighted by Crippen LogP contribution is -2.31. The van der Waals surface area contributed by atoms with Crippen molar-refractivity contribution in [2.75, 3.05) is 0 Å². The Morgan fingerprint density at radius 3 is 2.43 bits per heavy atom. The Hall–Kier alpha value is -1.83. The van der Waals surface area contributed by atoms with Crippen LogP contribution >= 0.6 is 15.9 Å². The van der Waals surface area contributed by atoms with E-state index in [2.05, 4.69) is 15.9 Å². The number of rotatable bonds is 4. The predicted octanol–water partition coefficient (Wildman–Crippen LogP) is 3.14. The van der Waals surface area contributed by atoms with E-state index in [0.29, 0.717) is 23.1 Å². The fraction of sp³-hybridized carbons (Fsp3) is 0.462. The minimum absolute atomic E-state index is 0.00418. The Balaban J connectivity index is 1.91. The van der Waals surface area contributed by atoms with Crippen LogP contribution in [0.3, 0.4) is 0 Å². The maximum Gasteiger partial charge on any atom is 0.404 e. The molecule has 0 saturated heterocycles. The molecule has 1 fully saturated rings. The van der Waals surface area contributed by atoms with Crippen LogP contribution < -0.4 is 10.5 Å². The van der Waals surface area contributed by atoms with E-state index in [1.165, 1.54) is 12.1 Å². The zero-order valence-electron chi connectivity index (χ0n) is 11.2. The largest absolute Gasteiger partial charge is 0.489 e. The first-order valence-electron chi connectivity index (χ1n) is 6.52. The highest BCUT2D eigenvalue weighted by molar-refractivity contribution is 9.10. The number of nitrogens with two attached hydrogens (primary N) is 1. The van der Waals surface area contributed by atoms with Crippen molar-refractivity contribution in [3.8, 4) is 5.75 Å². The van der Waals surface area contributed by atoms with Crippen LogP contribution in [0, 0.1) is 10.1 Å². The number of hydrogen-bond donors (Lipinski definition) is 1. The van der Waals surface area contributed by atoms with E-state index in [1.54, 1.807) is 6.07 Å². The lowest BCUT2D eigenvalue weighted by molar-refractivity contribution is -0.385. The van der Waals surface area contributed by atoms with Crippen LogP contribution in [-0.4, -0.2) is 23.2 Å². The zero-order valence-corrected chi connectivity index (χ0v) is 12.7. The molecule has 1 aromatic rings. The molecule has 0 unspecified atom stereocenters. The first kappa shape index (κ1) is 15.6. The van der Waals surface area contributed by atoms with E-state index in [0.717, 1.165) is 12.8 Å². The van der Waals surface area contributed by atoms with Crippen molar-refractivity contribution in [2.45, 2.75) is 37.9 Å². The number of carbonyl (C=O) groups is 1. The van der Waals surface area contributed by atoms with Crippen molar-refractivity contribution in [1.82, 2.24) is 0 Å². The Morgan fingerprint density at radius 2 is 1.90 bits per heavy atom. The lowest BCUT2D eigenvalue weighted by atomic mass is 9.95. The number of non-ortho nitro benzene ring substituents is 1. The summed E-state index contributed by atoms with van der Waals surface area (Å²) in [6, 6.07) is 4.40. The van der Waals surface area contributed by atoms with Gasteiger partial charge in [0.2, 0.25) is 0 Å². The number of nitrogens with zero attached hydrogens (tertiary/aromatic N) is 1. The van der Waals surface area contributed by atoms with E-state index < -0.39 is 11.0 Å². The van der Waals surface area contributed by atoms with Crippen molar-refractivity contribution in [2.24, 2.45) is 5.73 Å². The van der Waals surface area contributed by atoms with Crippen molar-refractivity contribution >= 4 is 27.7 Å². The van der Waals surface area contributed by atoms with Crippen molar-refractivity contribution < 1.29 is 19.2 Å². The third kappa shape index (κ3) is 4.32. The van der Waals surface area contributed by atoms with Crippen molar-refractivity contribution in [3.05, 3.63) is 32.8 Å². The molecule has 2 N–H and O–H groups in total. The zero-order chi connectivity index (χ0) is 15.4. The van der Waals surface area contributed by atoms with Gasteiger partial charge in [-0.05, 0) is 47.7 Å². The molecule has 1 amide bonds. The van der Waals surface area contributed by atoms with Gasteiger partial charge in [-0.2, -0.15) is 0 Å². The number of amides is 1. The third-order valence-corrected chi connectivity index (χ3v) is 3.94. The second kappa shape index (κ2) is 6.75. The highest BCUT2D eigenvalue weighted by atomic mass is 79.9. The van der Waals surface area contributed by atoms with Crippen LogP contribution in [0.4, 0.5) is 10.5 Å². The smallest absolute Gasteiger partial charge is 0.404 e. The van der Waals surface area contributed by atoms with Gasteiger partial charge in [0, 0.05) is 12.1 Å². The van der Waals surface area contributed by atoms with Crippen molar-refractivity contribution in [1.29, 1.82) is 0 Å². The van der Waals surface area contributed by atoms with Gasteiger partial charge in [0.05, 0.1) is 15.5 Å². The molecule has 0 radical (unpaired) electrons. The maximum atomic E-state index is 10.7. The summed E-state index contributed by atoms with van der Waals surface area (Å²) in [5.74, 6) is 0.569. The van der Waals surface area contributed by atoms with Gasteiger partial charge in [-0.25, -0.2) is 4.79 Å². The van der Waals surface area contributed by atoms with Gasteiger partial charge in [0.1, 0.15) is 11.9 Å². The molecule has 0 spiro atoms. The molecule has 0 bridgehead atoms. The number of ether oxygens (including phenoxy) is 2. The predicted molar refractivity (Wildman–Crippen MR) is 78.1 cm³/mol. The van der Waals surface area contributed by atoms with E-state index in [9.17, 15) is 14.9 Å². The molecule has 1 aromatic carbocycles. The van der Waals surface area contributed by atoms with Gasteiger partial charge >= 0.3 is 6.09 Å². The molecular weight excluding hydrogens is 344 g/mol. The third-order valence-electron chi connectivity index (χ3n) is 3.32. The Labute approximate surface area is 129 Å². The summed E-state index contributed by atoms with van der Waals surface area (Å²) in [4.78, 5) is 20.9. The van der Waals surface area contributed by atoms with Crippen LogP contribution in [0.25, 0.3) is 0 Å². The number of nitro benzene ring substituents is 1. The van der Waals surface area contributed by atoms with E-state index in [4.69, 9.17) is 15.2 Å². The first-order chi connectivity index (χ1) is 9.95. The number of primary amides is 1. The maximum absolute atomic E-state index is 10.7. The molecule has 21 heavy (non-hydrogen) atoms. The van der Waals surface area contributed by atoms with Gasteiger partial charge < -0.3 is 15.2 Å². The summed E-state index contributed by atoms with van der Waals surface area (Å²) in [5, 5.41) is 10.7. The molecule has 114 valence electrons. The van der Waals surface area contributed by atoms with Gasteiger partial charge in [-0.15, -0.1) is 0 Å². The molecule has 7 nitrogen and oxygen atoms in total. The number of nitro groups is 1. The average molecular weight is 359 g/mol. The minimum Gasteiger partial charge on any atom is -0.489 e. The summed E-state index contributed by atoms with van der Waals surface area (Å²) in [5.41, 5.74) is 4.99. The van der Waals surface area contributed by atoms with E-state index in [1.807, 2.05) is 0 Å². The standard InChI is InChI=1S/C13H15BrN2O5/c14-11-7-8(16(18)19)1-6-12(11)20-9-2-4-10(5-3-9)21-13(15)17/h1,6-7,9-10H,2-5H2,(H2,15,17)/t9-,10-. The highest BCUT2D eigenvalue weighted by Crippen LogP contribution is 2.32. The summed E-state index contributed by atoms with van der Waals surface area (Å²) in [7, 11) is 0. The van der Waals surface area contributed by atoms with Crippen LogP contribution in [0.15, 0.2) is 22.7 Å². The molecule has 0 aromatic heterocycles. The topological polar surface area (TPSA) is 105 Å². The number of halogens is 1. The summed E-state index contributed by atoms with van der Waals surface area (Å²) >= 11 is 3.27. The second-order valence-electron chi connectivity index (χ2n) is 4.83. The molecule has 1 aliphatic rings. The van der Waals surface area contributed by atoms with E-state index >= 15 is 0 Å². The summed E-state index contributed by atoms with van der Waals surface area (Å²) in [6.07, 6.45) is 1.95. The molecule has 2 rings (SSSR count). The first-order valence-corrected chi connectivity index (χ1v) is 7.31. The molecular formula is C13H15BrN2O5. The van der Waals surface area contributed by atoms with Crippen LogP contribution in [0.1, 0.15) is 25.7 Å². The average Bonchev–Trinajstić information content (AvgIpc) is 2.42. The van der Waals surface area contributed by atoms with Crippen LogP contribution in [0.2, 0.25) is 0 Å². The minimum atomic E-state index is -0.752. The molecule has 1 saturated carbocycles. The van der Waals surface area contributed by atoms with Gasteiger partial charge in [0.25, 0.3) is 5.69 Å². The molecule has 0 heterocycles. The number of carbonyl (C=O) groups excluding carboxylic acids is 1. The Morgan fingerprint density at radius 1 is 1.29 bits per heavy atom. The Kier molecular flexibility index (Phi) is 5.00. The Bertz CT molecular complexity index is 543. The molecule has 8 heteroatoms. The summed E-state index contributed by atoms with van der Waals surface area (Å²) < 4.78 is 11.3. The van der Waals surface area contributed by atoms with E-state index in [-0.39, 0.29) is 17.9 Å². The SMILES string of the molecule is NC(=O)O[C@H]1CC[C@H](Oc2ccc([N+](=O)[O-])cc2Br)CC1. The van der Waals surface area contributed by atoms with Crippen LogP contribution in [0.5, 0.6) is 5.75 Å². The van der Waals surface area contributed by atoms with Gasteiger partial charge in [0.15, 0.2) is 0 Å². The van der Waals surface area contributed by atoms with Crippen molar-refractivity contribution in [3.63, 3.8) is 0 Å². The normalized spacial score (nSPS) is 21.6. The molecule has 0 aliphatic heterocycles. The van der Waals surface area contributed by atoms with Gasteiger partial charge in [-0.1, -0.05) is 0 Å². The number of hydrogen-bond acceptors (Lipinski definition) is 5. The van der Waals surface area contributed by atoms with Crippen LogP contribution in [-0.2, 0) is 4.74 Å². The summed E-state index contributed by atoms with van der Waals surface area (Å²) in [6.45, 7) is 0. The highest BCUT2D eigenvalue weighted by Gasteiger charge is 2.25. The second-order valence-corrected chi connectivity index (χ2v) is 5.68. The number of benzene rings is 1. The monoisotopic (exact) mass is 358 g/mol.